The maximum Gasteiger partial charge on any atom is 0.294 e. The number of aryl methyl sites for hydroxylation is 1. The number of benzene rings is 3. The molecule has 10 heteroatoms. The van der Waals surface area contributed by atoms with Crippen LogP contribution in [0.25, 0.3) is 11.0 Å². The summed E-state index contributed by atoms with van der Waals surface area (Å²) in [5.41, 5.74) is 1.63. The molecule has 1 amide bonds. The fourth-order valence-corrected chi connectivity index (χ4v) is 5.00. The predicted molar refractivity (Wildman–Crippen MR) is 147 cm³/mol. The Morgan fingerprint density at radius 1 is 1.05 bits per heavy atom. The van der Waals surface area contributed by atoms with Crippen LogP contribution in [-0.2, 0) is 4.79 Å². The van der Waals surface area contributed by atoms with Gasteiger partial charge in [-0.3, -0.25) is 14.5 Å². The highest BCUT2D eigenvalue weighted by molar-refractivity contribution is 6.32. The molecule has 8 nitrogen and oxygen atoms in total. The lowest BCUT2D eigenvalue weighted by atomic mass is 9.94. The van der Waals surface area contributed by atoms with Gasteiger partial charge in [0.1, 0.15) is 0 Å². The summed E-state index contributed by atoms with van der Waals surface area (Å²) in [5, 5.41) is 22.7. The number of nitrogens with zero attached hydrogens (tertiary/aromatic N) is 1. The lowest BCUT2D eigenvalue weighted by Crippen LogP contribution is -2.31. The zero-order valence-electron chi connectivity index (χ0n) is 21.1. The van der Waals surface area contributed by atoms with Gasteiger partial charge in [0.05, 0.1) is 25.3 Å². The van der Waals surface area contributed by atoms with Crippen molar-refractivity contribution in [1.82, 2.24) is 0 Å². The molecule has 5 rings (SSSR count). The van der Waals surface area contributed by atoms with Gasteiger partial charge in [-0.05, 0) is 61.4 Å². The highest BCUT2D eigenvalue weighted by atomic mass is 35.5. The van der Waals surface area contributed by atoms with Gasteiger partial charge >= 0.3 is 0 Å². The summed E-state index contributed by atoms with van der Waals surface area (Å²) in [6.45, 7) is 3.85. The number of amides is 1. The zero-order valence-corrected chi connectivity index (χ0v) is 22.6. The van der Waals surface area contributed by atoms with E-state index in [1.807, 2.05) is 6.92 Å². The molecule has 1 aromatic heterocycles. The fourth-order valence-electron chi connectivity index (χ4n) is 4.60. The molecule has 1 aliphatic heterocycles. The van der Waals surface area contributed by atoms with Crippen molar-refractivity contribution in [2.24, 2.45) is 0 Å². The summed E-state index contributed by atoms with van der Waals surface area (Å²) in [6.07, 6.45) is 0. The third-order valence-corrected chi connectivity index (χ3v) is 7.10. The molecule has 0 fully saturated rings. The van der Waals surface area contributed by atoms with Crippen LogP contribution >= 0.6 is 23.2 Å². The van der Waals surface area contributed by atoms with Crippen LogP contribution in [0.5, 0.6) is 17.2 Å². The van der Waals surface area contributed by atoms with Gasteiger partial charge in [-0.25, -0.2) is 0 Å². The highest BCUT2D eigenvalue weighted by Crippen LogP contribution is 2.45. The normalized spacial score (nSPS) is 15.4. The topological polar surface area (TPSA) is 109 Å². The standard InChI is InChI=1S/C29H23Cl2NO7/c1-4-38-21-10-15(6-8-20(21)33)25-24(27(35)29(36)32(25)18-7-5-14(2)19(31)13-18)26(34)22-11-16-9-17(30)12-23(37-3)28(16)39-22/h5-13,25,33,35H,4H2,1-3H3. The van der Waals surface area contributed by atoms with Crippen LogP contribution in [0.3, 0.4) is 0 Å². The number of hydrogen-bond acceptors (Lipinski definition) is 7. The number of Topliss-reactive ketones (excluding diaryl/α,β-unsaturated/α-hetero) is 1. The zero-order chi connectivity index (χ0) is 28.0. The van der Waals surface area contributed by atoms with Crippen molar-refractivity contribution in [1.29, 1.82) is 0 Å². The van der Waals surface area contributed by atoms with E-state index >= 15 is 0 Å². The number of furan rings is 1. The Labute approximate surface area is 233 Å². The Morgan fingerprint density at radius 2 is 1.82 bits per heavy atom. The number of ketones is 1. The number of methoxy groups -OCH3 is 1. The van der Waals surface area contributed by atoms with E-state index < -0.39 is 23.5 Å². The first kappa shape index (κ1) is 26.5. The number of carbonyl (C=O) groups is 2. The van der Waals surface area contributed by atoms with Crippen molar-refractivity contribution < 1.29 is 33.7 Å². The molecule has 4 aromatic rings. The Morgan fingerprint density at radius 3 is 2.51 bits per heavy atom. The van der Waals surface area contributed by atoms with Gasteiger partial charge in [-0.2, -0.15) is 0 Å². The molecule has 0 bridgehead atoms. The fraction of sp³-hybridized carbons (Fsp3) is 0.172. The SMILES string of the molecule is CCOc1cc(C2C(C(=O)c3cc4cc(Cl)cc(OC)c4o3)=C(O)C(=O)N2c2ccc(C)c(Cl)c2)ccc1O. The van der Waals surface area contributed by atoms with Gasteiger partial charge in [0.15, 0.2) is 34.4 Å². The van der Waals surface area contributed by atoms with E-state index in [2.05, 4.69) is 0 Å². The summed E-state index contributed by atoms with van der Waals surface area (Å²) >= 11 is 12.5. The van der Waals surface area contributed by atoms with Crippen LogP contribution in [0.4, 0.5) is 5.69 Å². The maximum atomic E-state index is 13.9. The minimum Gasteiger partial charge on any atom is -0.504 e. The van der Waals surface area contributed by atoms with Crippen LogP contribution in [0.1, 0.15) is 34.6 Å². The summed E-state index contributed by atoms with van der Waals surface area (Å²) in [5.74, 6) is -2.01. The molecule has 2 heterocycles. The average Bonchev–Trinajstić information content (AvgIpc) is 3.45. The van der Waals surface area contributed by atoms with Gasteiger partial charge in [0.2, 0.25) is 5.78 Å². The number of fused-ring (bicyclic) bond motifs is 1. The number of phenols is 1. The lowest BCUT2D eigenvalue weighted by Gasteiger charge is -2.27. The predicted octanol–water partition coefficient (Wildman–Crippen LogP) is 6.94. The minimum atomic E-state index is -1.10. The average molecular weight is 568 g/mol. The Bertz CT molecular complexity index is 1670. The number of ether oxygens (including phenoxy) is 2. The van der Waals surface area contributed by atoms with Gasteiger partial charge in [-0.1, -0.05) is 35.3 Å². The second-order valence-corrected chi connectivity index (χ2v) is 9.74. The Kier molecular flexibility index (Phi) is 6.92. The van der Waals surface area contributed by atoms with Crippen LogP contribution in [-0.4, -0.2) is 35.6 Å². The summed E-state index contributed by atoms with van der Waals surface area (Å²) in [7, 11) is 1.44. The van der Waals surface area contributed by atoms with Crippen LogP contribution in [0.2, 0.25) is 10.0 Å². The summed E-state index contributed by atoms with van der Waals surface area (Å²) < 4.78 is 16.7. The van der Waals surface area contributed by atoms with Crippen LogP contribution in [0, 0.1) is 6.92 Å². The van der Waals surface area contributed by atoms with E-state index in [9.17, 15) is 19.8 Å². The van der Waals surface area contributed by atoms with Crippen molar-refractivity contribution in [2.45, 2.75) is 19.9 Å². The third-order valence-electron chi connectivity index (χ3n) is 6.48. The number of aliphatic hydroxyl groups excluding tert-OH is 1. The maximum absolute atomic E-state index is 13.9. The first-order chi connectivity index (χ1) is 18.6. The van der Waals surface area contributed by atoms with Crippen LogP contribution < -0.4 is 14.4 Å². The van der Waals surface area contributed by atoms with Crippen molar-refractivity contribution >= 4 is 51.5 Å². The van der Waals surface area contributed by atoms with Gasteiger partial charge < -0.3 is 24.1 Å². The molecule has 0 aliphatic carbocycles. The van der Waals surface area contributed by atoms with E-state index in [4.69, 9.17) is 37.1 Å². The number of aliphatic hydroxyl groups is 1. The number of rotatable bonds is 7. The number of phenolic OH excluding ortho intramolecular Hbond substituents is 1. The Balaban J connectivity index is 1.69. The van der Waals surface area contributed by atoms with Crippen molar-refractivity contribution in [3.05, 3.63) is 92.9 Å². The van der Waals surface area contributed by atoms with E-state index in [0.29, 0.717) is 32.4 Å². The van der Waals surface area contributed by atoms with Crippen LogP contribution in [0.15, 0.2) is 70.3 Å². The van der Waals surface area contributed by atoms with Crippen molar-refractivity contribution in [3.63, 3.8) is 0 Å². The number of aromatic hydroxyl groups is 1. The molecule has 0 saturated heterocycles. The molecular formula is C29H23Cl2NO7. The van der Waals surface area contributed by atoms with E-state index in [1.165, 1.54) is 30.2 Å². The third kappa shape index (κ3) is 4.56. The minimum absolute atomic E-state index is 0.114. The molecule has 1 atom stereocenters. The summed E-state index contributed by atoms with van der Waals surface area (Å²) in [6, 6.07) is 13.0. The first-order valence-electron chi connectivity index (χ1n) is 11.9. The molecular weight excluding hydrogens is 545 g/mol. The highest BCUT2D eigenvalue weighted by Gasteiger charge is 2.45. The van der Waals surface area contributed by atoms with Gasteiger partial charge in [0.25, 0.3) is 5.91 Å². The molecule has 39 heavy (non-hydrogen) atoms. The second-order valence-electron chi connectivity index (χ2n) is 8.90. The smallest absolute Gasteiger partial charge is 0.294 e. The molecule has 1 unspecified atom stereocenters. The molecule has 2 N–H and O–H groups in total. The van der Waals surface area contributed by atoms with E-state index in [-0.39, 0.29) is 35.0 Å². The van der Waals surface area contributed by atoms with E-state index in [1.54, 1.807) is 43.3 Å². The number of anilines is 1. The molecule has 0 saturated carbocycles. The van der Waals surface area contributed by atoms with E-state index in [0.717, 1.165) is 5.56 Å². The van der Waals surface area contributed by atoms with Gasteiger partial charge in [0, 0.05) is 27.2 Å². The quantitative estimate of drug-likeness (QED) is 0.232. The molecule has 0 spiro atoms. The number of carbonyl (C=O) groups excluding carboxylic acids is 2. The summed E-state index contributed by atoms with van der Waals surface area (Å²) in [4.78, 5) is 28.7. The Hall–Kier alpha value is -4.14. The first-order valence-corrected chi connectivity index (χ1v) is 12.7. The van der Waals surface area contributed by atoms with Crippen molar-refractivity contribution in [2.75, 3.05) is 18.6 Å². The molecule has 200 valence electrons. The number of hydrogen-bond donors (Lipinski definition) is 2. The molecule has 3 aromatic carbocycles. The second kappa shape index (κ2) is 10.2. The lowest BCUT2D eigenvalue weighted by molar-refractivity contribution is -0.117. The van der Waals surface area contributed by atoms with Crippen molar-refractivity contribution in [3.8, 4) is 17.2 Å². The number of halogens is 2. The molecule has 0 radical (unpaired) electrons. The monoisotopic (exact) mass is 567 g/mol. The molecule has 1 aliphatic rings. The van der Waals surface area contributed by atoms with Gasteiger partial charge in [-0.15, -0.1) is 0 Å². The largest absolute Gasteiger partial charge is 0.504 e.